The number of rotatable bonds is 5. The predicted octanol–water partition coefficient (Wildman–Crippen LogP) is 0.750. The van der Waals surface area contributed by atoms with Gasteiger partial charge in [0, 0.05) is 0 Å². The van der Waals surface area contributed by atoms with E-state index in [1.54, 1.807) is 12.1 Å². The Balaban J connectivity index is 2.35. The van der Waals surface area contributed by atoms with E-state index in [9.17, 15) is 9.59 Å². The molecule has 0 aliphatic rings. The molecule has 16 heavy (non-hydrogen) atoms. The van der Waals surface area contributed by atoms with Gasteiger partial charge < -0.3 is 9.94 Å². The van der Waals surface area contributed by atoms with E-state index in [1.807, 2.05) is 18.2 Å². The number of carboxylic acid groups (broad SMARTS) is 1. The molecule has 0 unspecified atom stereocenters. The van der Waals surface area contributed by atoms with Gasteiger partial charge in [-0.15, -0.1) is 5.48 Å². The number of carbonyl (C=O) groups is 2. The molecule has 0 heterocycles. The molecule has 0 saturated carbocycles. The Labute approximate surface area is 93.0 Å². The normalized spacial score (nSPS) is 11.8. The lowest BCUT2D eigenvalue weighted by atomic mass is 10.2. The van der Waals surface area contributed by atoms with Gasteiger partial charge in [0.05, 0.1) is 6.42 Å². The third-order valence-electron chi connectivity index (χ3n) is 1.91. The van der Waals surface area contributed by atoms with Crippen molar-refractivity contribution in [3.63, 3.8) is 0 Å². The van der Waals surface area contributed by atoms with Gasteiger partial charge in [0.2, 0.25) is 0 Å². The highest BCUT2D eigenvalue weighted by atomic mass is 16.7. The fourth-order valence-corrected chi connectivity index (χ4v) is 1.00. The van der Waals surface area contributed by atoms with Crippen molar-refractivity contribution in [3.8, 4) is 0 Å². The number of hydroxylamine groups is 1. The number of carbonyl (C=O) groups excluding carboxylic acids is 1. The molecule has 0 saturated heterocycles. The predicted molar refractivity (Wildman–Crippen MR) is 56.5 cm³/mol. The first-order valence-electron chi connectivity index (χ1n) is 4.81. The molecule has 1 aromatic rings. The topological polar surface area (TPSA) is 75.6 Å². The Hall–Kier alpha value is -1.88. The molecule has 0 aliphatic carbocycles. The number of aliphatic carboxylic acids is 1. The van der Waals surface area contributed by atoms with Crippen LogP contribution < -0.4 is 5.48 Å². The summed E-state index contributed by atoms with van der Waals surface area (Å²) < 4.78 is 0. The van der Waals surface area contributed by atoms with Crippen molar-refractivity contribution in [2.24, 2.45) is 0 Å². The van der Waals surface area contributed by atoms with Gasteiger partial charge in [0.25, 0.3) is 0 Å². The van der Waals surface area contributed by atoms with E-state index in [0.29, 0.717) is 0 Å². The summed E-state index contributed by atoms with van der Waals surface area (Å²) in [5.41, 5.74) is 2.97. The van der Waals surface area contributed by atoms with Crippen LogP contribution in [0.3, 0.4) is 0 Å². The van der Waals surface area contributed by atoms with Crippen LogP contribution in [0.4, 0.5) is 0 Å². The van der Waals surface area contributed by atoms with Crippen molar-refractivity contribution in [2.45, 2.75) is 19.4 Å². The molecular weight excluding hydrogens is 210 g/mol. The minimum absolute atomic E-state index is 0.111. The minimum Gasteiger partial charge on any atom is -0.480 e. The lowest BCUT2D eigenvalue weighted by Gasteiger charge is -2.08. The van der Waals surface area contributed by atoms with Crippen molar-refractivity contribution in [3.05, 3.63) is 35.9 Å². The molecule has 0 amide bonds. The Bertz CT molecular complexity index is 364. The van der Waals surface area contributed by atoms with Crippen molar-refractivity contribution in [1.82, 2.24) is 5.48 Å². The van der Waals surface area contributed by atoms with E-state index in [4.69, 9.17) is 5.11 Å². The van der Waals surface area contributed by atoms with Crippen LogP contribution in [0.2, 0.25) is 0 Å². The zero-order valence-corrected chi connectivity index (χ0v) is 8.84. The number of hydrogen-bond acceptors (Lipinski definition) is 4. The summed E-state index contributed by atoms with van der Waals surface area (Å²) in [7, 11) is 0. The van der Waals surface area contributed by atoms with Gasteiger partial charge in [-0.3, -0.25) is 9.59 Å². The largest absolute Gasteiger partial charge is 0.480 e. The maximum absolute atomic E-state index is 11.3. The summed E-state index contributed by atoms with van der Waals surface area (Å²) in [6.07, 6.45) is 0.111. The molecule has 1 atom stereocenters. The fraction of sp³-hybridized carbons (Fsp3) is 0.273. The highest BCUT2D eigenvalue weighted by Crippen LogP contribution is 2.00. The zero-order chi connectivity index (χ0) is 12.0. The molecule has 5 nitrogen and oxygen atoms in total. The molecule has 0 aromatic heterocycles. The van der Waals surface area contributed by atoms with E-state index < -0.39 is 18.0 Å². The standard InChI is InChI=1S/C11H13NO4/c1-8(11(14)15)12-16-10(13)7-9-5-3-2-4-6-9/h2-6,8,12H,7H2,1H3,(H,14,15)/t8-/m1/s1. The van der Waals surface area contributed by atoms with E-state index in [-0.39, 0.29) is 6.42 Å². The van der Waals surface area contributed by atoms with Crippen LogP contribution in [0.25, 0.3) is 0 Å². The monoisotopic (exact) mass is 223 g/mol. The van der Waals surface area contributed by atoms with Crippen molar-refractivity contribution >= 4 is 11.9 Å². The second kappa shape index (κ2) is 5.87. The molecule has 1 aromatic carbocycles. The first-order chi connectivity index (χ1) is 7.59. The SMILES string of the molecule is C[C@@H](NOC(=O)Cc1ccccc1)C(=O)O. The van der Waals surface area contributed by atoms with Gasteiger partial charge in [0.1, 0.15) is 6.04 Å². The van der Waals surface area contributed by atoms with Crippen LogP contribution in [-0.2, 0) is 20.8 Å². The maximum atomic E-state index is 11.3. The summed E-state index contributed by atoms with van der Waals surface area (Å²) in [6, 6.07) is 8.15. The van der Waals surface area contributed by atoms with Crippen LogP contribution in [0, 0.1) is 0 Å². The summed E-state index contributed by atoms with van der Waals surface area (Å²) in [5.74, 6) is -1.59. The molecular formula is C11H13NO4. The Morgan fingerprint density at radius 2 is 2.00 bits per heavy atom. The molecule has 0 fully saturated rings. The molecule has 0 bridgehead atoms. The maximum Gasteiger partial charge on any atom is 0.329 e. The Kier molecular flexibility index (Phi) is 4.47. The van der Waals surface area contributed by atoms with E-state index in [1.165, 1.54) is 6.92 Å². The van der Waals surface area contributed by atoms with Gasteiger partial charge >= 0.3 is 11.9 Å². The second-order valence-electron chi connectivity index (χ2n) is 3.31. The average molecular weight is 223 g/mol. The lowest BCUT2D eigenvalue weighted by molar-refractivity contribution is -0.156. The molecule has 1 rings (SSSR count). The summed E-state index contributed by atoms with van der Waals surface area (Å²) in [6.45, 7) is 1.39. The van der Waals surface area contributed by atoms with Gasteiger partial charge in [-0.25, -0.2) is 0 Å². The van der Waals surface area contributed by atoms with E-state index >= 15 is 0 Å². The van der Waals surface area contributed by atoms with Gasteiger partial charge in [-0.1, -0.05) is 30.3 Å². The highest BCUT2D eigenvalue weighted by Gasteiger charge is 2.12. The summed E-state index contributed by atoms with van der Waals surface area (Å²) >= 11 is 0. The third kappa shape index (κ3) is 4.10. The number of hydrogen-bond donors (Lipinski definition) is 2. The zero-order valence-electron chi connectivity index (χ0n) is 8.84. The molecule has 86 valence electrons. The average Bonchev–Trinajstić information content (AvgIpc) is 2.27. The van der Waals surface area contributed by atoms with Gasteiger partial charge in [-0.2, -0.15) is 0 Å². The van der Waals surface area contributed by atoms with Crippen molar-refractivity contribution in [1.29, 1.82) is 0 Å². The van der Waals surface area contributed by atoms with Crippen molar-refractivity contribution < 1.29 is 19.5 Å². The Morgan fingerprint density at radius 3 is 2.56 bits per heavy atom. The van der Waals surface area contributed by atoms with Crippen LogP contribution in [0.1, 0.15) is 12.5 Å². The minimum atomic E-state index is -1.08. The first-order valence-corrected chi connectivity index (χ1v) is 4.81. The van der Waals surface area contributed by atoms with Gasteiger partial charge in [-0.05, 0) is 12.5 Å². The number of nitrogens with one attached hydrogen (secondary N) is 1. The molecule has 0 spiro atoms. The van der Waals surface area contributed by atoms with E-state index in [0.717, 1.165) is 5.56 Å². The number of carboxylic acids is 1. The van der Waals surface area contributed by atoms with E-state index in [2.05, 4.69) is 10.3 Å². The molecule has 0 aliphatic heterocycles. The summed E-state index contributed by atoms with van der Waals surface area (Å²) in [5, 5.41) is 8.53. The van der Waals surface area contributed by atoms with Crippen LogP contribution in [-0.4, -0.2) is 23.1 Å². The van der Waals surface area contributed by atoms with Crippen LogP contribution in [0.15, 0.2) is 30.3 Å². The van der Waals surface area contributed by atoms with Crippen LogP contribution >= 0.6 is 0 Å². The van der Waals surface area contributed by atoms with Gasteiger partial charge in [0.15, 0.2) is 0 Å². The number of benzene rings is 1. The Morgan fingerprint density at radius 1 is 1.38 bits per heavy atom. The van der Waals surface area contributed by atoms with Crippen LogP contribution in [0.5, 0.6) is 0 Å². The lowest BCUT2D eigenvalue weighted by Crippen LogP contribution is -2.35. The summed E-state index contributed by atoms with van der Waals surface area (Å²) in [4.78, 5) is 26.3. The second-order valence-corrected chi connectivity index (χ2v) is 3.31. The fourth-order valence-electron chi connectivity index (χ4n) is 1.00. The third-order valence-corrected chi connectivity index (χ3v) is 1.91. The molecule has 5 heteroatoms. The van der Waals surface area contributed by atoms with Crippen molar-refractivity contribution in [2.75, 3.05) is 0 Å². The smallest absolute Gasteiger partial charge is 0.329 e. The first kappa shape index (κ1) is 12.2. The molecule has 2 N–H and O–H groups in total. The molecule has 0 radical (unpaired) electrons. The quantitative estimate of drug-likeness (QED) is 0.720. The highest BCUT2D eigenvalue weighted by molar-refractivity contribution is 5.74.